The summed E-state index contributed by atoms with van der Waals surface area (Å²) in [6.07, 6.45) is 1.54. The molecule has 0 saturated carbocycles. The van der Waals surface area contributed by atoms with Crippen molar-refractivity contribution in [1.82, 2.24) is 19.6 Å². The lowest BCUT2D eigenvalue weighted by Gasteiger charge is -2.26. The van der Waals surface area contributed by atoms with Gasteiger partial charge in [-0.25, -0.2) is 4.98 Å². The van der Waals surface area contributed by atoms with E-state index in [2.05, 4.69) is 51.5 Å². The molecular formula is C13H15N5S. The molecule has 3 aromatic heterocycles. The summed E-state index contributed by atoms with van der Waals surface area (Å²) in [4.78, 5) is 12.0. The third-order valence-electron chi connectivity index (χ3n) is 3.26. The minimum Gasteiger partial charge on any atom is -0.352 e. The first kappa shape index (κ1) is 12.1. The highest BCUT2D eigenvalue weighted by Crippen LogP contribution is 2.28. The number of nitrogens with zero attached hydrogens (tertiary/aromatic N) is 5. The van der Waals surface area contributed by atoms with E-state index in [0.29, 0.717) is 5.78 Å². The SMILES string of the molecule is Cc1cc(N(C)[C@@H](C)c2cccs2)n2ncnc2n1. The van der Waals surface area contributed by atoms with Crippen molar-refractivity contribution in [3.05, 3.63) is 40.5 Å². The maximum atomic E-state index is 4.37. The average molecular weight is 273 g/mol. The van der Waals surface area contributed by atoms with Crippen molar-refractivity contribution >= 4 is 22.9 Å². The molecule has 3 rings (SSSR count). The van der Waals surface area contributed by atoms with Gasteiger partial charge >= 0.3 is 0 Å². The fourth-order valence-corrected chi connectivity index (χ4v) is 2.91. The van der Waals surface area contributed by atoms with Crippen LogP contribution in [0.4, 0.5) is 5.82 Å². The van der Waals surface area contributed by atoms with Gasteiger partial charge in [-0.15, -0.1) is 11.3 Å². The van der Waals surface area contributed by atoms with E-state index < -0.39 is 0 Å². The lowest BCUT2D eigenvalue weighted by molar-refractivity contribution is 0.719. The monoisotopic (exact) mass is 273 g/mol. The van der Waals surface area contributed by atoms with Crippen molar-refractivity contribution < 1.29 is 0 Å². The number of thiophene rings is 1. The second-order valence-electron chi connectivity index (χ2n) is 4.53. The molecule has 0 bridgehead atoms. The summed E-state index contributed by atoms with van der Waals surface area (Å²) < 4.78 is 1.77. The second kappa shape index (κ2) is 4.62. The van der Waals surface area contributed by atoms with Crippen LogP contribution in [0, 0.1) is 6.92 Å². The predicted octanol–water partition coefficient (Wildman–Crippen LogP) is 2.69. The van der Waals surface area contributed by atoms with Crippen LogP contribution in [-0.4, -0.2) is 26.6 Å². The smallest absolute Gasteiger partial charge is 0.254 e. The minimum absolute atomic E-state index is 0.286. The molecule has 3 aromatic rings. The van der Waals surface area contributed by atoms with Crippen molar-refractivity contribution in [3.8, 4) is 0 Å². The Balaban J connectivity index is 2.06. The topological polar surface area (TPSA) is 46.3 Å². The van der Waals surface area contributed by atoms with Crippen molar-refractivity contribution in [2.45, 2.75) is 19.9 Å². The minimum atomic E-state index is 0.286. The van der Waals surface area contributed by atoms with E-state index in [0.717, 1.165) is 11.5 Å². The molecule has 0 unspecified atom stereocenters. The molecule has 0 aliphatic carbocycles. The van der Waals surface area contributed by atoms with Crippen molar-refractivity contribution in [1.29, 1.82) is 0 Å². The Morgan fingerprint density at radius 1 is 1.42 bits per heavy atom. The number of rotatable bonds is 3. The Labute approximate surface area is 115 Å². The van der Waals surface area contributed by atoms with E-state index in [1.54, 1.807) is 15.9 Å². The molecule has 0 spiro atoms. The third kappa shape index (κ3) is 2.08. The van der Waals surface area contributed by atoms with Crippen molar-refractivity contribution in [2.24, 2.45) is 0 Å². The van der Waals surface area contributed by atoms with Gasteiger partial charge in [0, 0.05) is 23.7 Å². The summed E-state index contributed by atoms with van der Waals surface area (Å²) in [6.45, 7) is 4.16. The Morgan fingerprint density at radius 3 is 3.00 bits per heavy atom. The Hall–Kier alpha value is -1.95. The first-order valence-electron chi connectivity index (χ1n) is 6.10. The van der Waals surface area contributed by atoms with Crippen LogP contribution in [0.5, 0.6) is 0 Å². The fourth-order valence-electron chi connectivity index (χ4n) is 2.08. The molecule has 0 fully saturated rings. The van der Waals surface area contributed by atoms with Gasteiger partial charge in [-0.2, -0.15) is 14.6 Å². The van der Waals surface area contributed by atoms with Gasteiger partial charge in [-0.1, -0.05) is 6.07 Å². The highest BCUT2D eigenvalue weighted by molar-refractivity contribution is 7.10. The highest BCUT2D eigenvalue weighted by atomic mass is 32.1. The normalized spacial score (nSPS) is 12.8. The van der Waals surface area contributed by atoms with E-state index >= 15 is 0 Å². The van der Waals surface area contributed by atoms with Gasteiger partial charge in [0.05, 0.1) is 6.04 Å². The zero-order chi connectivity index (χ0) is 13.4. The summed E-state index contributed by atoms with van der Waals surface area (Å²) in [6, 6.07) is 6.55. The quantitative estimate of drug-likeness (QED) is 0.736. The first-order valence-corrected chi connectivity index (χ1v) is 6.98. The van der Waals surface area contributed by atoms with Gasteiger partial charge in [-0.3, -0.25) is 0 Å². The van der Waals surface area contributed by atoms with Crippen LogP contribution in [0.2, 0.25) is 0 Å². The molecule has 0 N–H and O–H groups in total. The molecular weight excluding hydrogens is 258 g/mol. The van der Waals surface area contributed by atoms with Gasteiger partial charge in [-0.05, 0) is 25.3 Å². The van der Waals surface area contributed by atoms with Crippen LogP contribution in [0.15, 0.2) is 29.9 Å². The third-order valence-corrected chi connectivity index (χ3v) is 4.30. The Morgan fingerprint density at radius 2 is 2.26 bits per heavy atom. The van der Waals surface area contributed by atoms with E-state index in [1.165, 1.54) is 11.2 Å². The summed E-state index contributed by atoms with van der Waals surface area (Å²) in [5.41, 5.74) is 0.945. The van der Waals surface area contributed by atoms with Crippen molar-refractivity contribution in [2.75, 3.05) is 11.9 Å². The number of hydrogen-bond donors (Lipinski definition) is 0. The van der Waals surface area contributed by atoms with Crippen LogP contribution in [-0.2, 0) is 0 Å². The zero-order valence-corrected chi connectivity index (χ0v) is 11.9. The van der Waals surface area contributed by atoms with E-state index in [9.17, 15) is 0 Å². The van der Waals surface area contributed by atoms with E-state index in [-0.39, 0.29) is 6.04 Å². The Kier molecular flexibility index (Phi) is 2.94. The largest absolute Gasteiger partial charge is 0.352 e. The van der Waals surface area contributed by atoms with Gasteiger partial charge in [0.2, 0.25) is 0 Å². The highest BCUT2D eigenvalue weighted by Gasteiger charge is 2.17. The number of hydrogen-bond acceptors (Lipinski definition) is 5. The van der Waals surface area contributed by atoms with Crippen LogP contribution >= 0.6 is 11.3 Å². The number of aromatic nitrogens is 4. The number of anilines is 1. The van der Waals surface area contributed by atoms with Crippen LogP contribution in [0.1, 0.15) is 23.5 Å². The Bertz CT molecular complexity index is 688. The lowest BCUT2D eigenvalue weighted by atomic mass is 10.2. The van der Waals surface area contributed by atoms with Crippen molar-refractivity contribution in [3.63, 3.8) is 0 Å². The molecule has 19 heavy (non-hydrogen) atoms. The molecule has 0 aliphatic heterocycles. The fraction of sp³-hybridized carbons (Fsp3) is 0.308. The molecule has 0 aliphatic rings. The number of fused-ring (bicyclic) bond motifs is 1. The van der Waals surface area contributed by atoms with Gasteiger partial charge in [0.25, 0.3) is 5.78 Å². The summed E-state index contributed by atoms with van der Waals surface area (Å²) >= 11 is 1.76. The predicted molar refractivity (Wildman–Crippen MR) is 76.7 cm³/mol. The molecule has 1 atom stereocenters. The molecule has 5 nitrogen and oxygen atoms in total. The van der Waals surface area contributed by atoms with E-state index in [1.807, 2.05) is 13.0 Å². The standard InChI is InChI=1S/C13H15N5S/c1-9-7-12(18-13(16-9)14-8-15-18)17(3)10(2)11-5-4-6-19-11/h4-8,10H,1-3H3/t10-/m0/s1. The maximum absolute atomic E-state index is 4.37. The average Bonchev–Trinajstić information content (AvgIpc) is 3.06. The van der Waals surface area contributed by atoms with Gasteiger partial charge in [0.15, 0.2) is 0 Å². The summed E-state index contributed by atoms with van der Waals surface area (Å²) in [5.74, 6) is 1.64. The van der Waals surface area contributed by atoms with Crippen LogP contribution in [0.25, 0.3) is 5.78 Å². The molecule has 0 amide bonds. The molecule has 3 heterocycles. The summed E-state index contributed by atoms with van der Waals surface area (Å²) in [5, 5.41) is 6.35. The molecule has 0 radical (unpaired) electrons. The lowest BCUT2D eigenvalue weighted by Crippen LogP contribution is -2.23. The molecule has 98 valence electrons. The molecule has 0 aromatic carbocycles. The van der Waals surface area contributed by atoms with E-state index in [4.69, 9.17) is 0 Å². The summed E-state index contributed by atoms with van der Waals surface area (Å²) in [7, 11) is 2.07. The molecule has 6 heteroatoms. The van der Waals surface area contributed by atoms with Gasteiger partial charge in [0.1, 0.15) is 12.1 Å². The zero-order valence-electron chi connectivity index (χ0n) is 11.1. The number of aryl methyl sites for hydroxylation is 1. The van der Waals surface area contributed by atoms with Crippen LogP contribution in [0.3, 0.4) is 0 Å². The van der Waals surface area contributed by atoms with Crippen LogP contribution < -0.4 is 4.90 Å². The second-order valence-corrected chi connectivity index (χ2v) is 5.51. The maximum Gasteiger partial charge on any atom is 0.254 e. The first-order chi connectivity index (χ1) is 9.16. The van der Waals surface area contributed by atoms with Gasteiger partial charge < -0.3 is 4.90 Å². The molecule has 0 saturated heterocycles.